The van der Waals surface area contributed by atoms with Crippen LogP contribution >= 0.6 is 0 Å². The molecule has 0 radical (unpaired) electrons. The van der Waals surface area contributed by atoms with Gasteiger partial charge >= 0.3 is 5.97 Å². The predicted molar refractivity (Wildman–Crippen MR) is 114 cm³/mol. The summed E-state index contributed by atoms with van der Waals surface area (Å²) in [4.78, 5) is 15.4. The van der Waals surface area contributed by atoms with Gasteiger partial charge in [0.05, 0.1) is 5.92 Å². The standard InChI is InChI=1S/C25H33NO2/c1-25(2,3)28-24(27)22-15-10-16-23(22)26(19-21-13-8-5-9-14-21)18-17-20-11-6-4-7-12-20/h4-9,11-14,22-23H,10,15-19H2,1-3H3. The second kappa shape index (κ2) is 9.38. The quantitative estimate of drug-likeness (QED) is 0.616. The number of carbonyl (C=O) groups excluding carboxylic acids is 1. The molecule has 0 aromatic heterocycles. The van der Waals surface area contributed by atoms with Crippen molar-refractivity contribution < 1.29 is 9.53 Å². The minimum Gasteiger partial charge on any atom is -0.460 e. The van der Waals surface area contributed by atoms with E-state index in [9.17, 15) is 4.79 Å². The number of esters is 1. The van der Waals surface area contributed by atoms with E-state index in [-0.39, 0.29) is 17.9 Å². The second-order valence-corrected chi connectivity index (χ2v) is 8.83. The van der Waals surface area contributed by atoms with Gasteiger partial charge in [-0.1, -0.05) is 67.1 Å². The van der Waals surface area contributed by atoms with Crippen molar-refractivity contribution in [3.63, 3.8) is 0 Å². The van der Waals surface area contributed by atoms with E-state index in [1.165, 1.54) is 11.1 Å². The summed E-state index contributed by atoms with van der Waals surface area (Å²) in [6, 6.07) is 21.4. The van der Waals surface area contributed by atoms with Gasteiger partial charge in [0.15, 0.2) is 0 Å². The first kappa shape index (κ1) is 20.6. The smallest absolute Gasteiger partial charge is 0.311 e. The van der Waals surface area contributed by atoms with Crippen LogP contribution in [0.5, 0.6) is 0 Å². The number of nitrogens with zero attached hydrogens (tertiary/aromatic N) is 1. The highest BCUT2D eigenvalue weighted by Gasteiger charge is 2.39. The third-order valence-electron chi connectivity index (χ3n) is 5.42. The molecule has 0 amide bonds. The molecule has 0 N–H and O–H groups in total. The number of carbonyl (C=O) groups is 1. The summed E-state index contributed by atoms with van der Waals surface area (Å²) >= 11 is 0. The predicted octanol–water partition coefficient (Wildman–Crippen LogP) is 5.24. The van der Waals surface area contributed by atoms with E-state index in [1.807, 2.05) is 20.8 Å². The largest absolute Gasteiger partial charge is 0.460 e. The Bertz CT molecular complexity index is 736. The first-order valence-corrected chi connectivity index (χ1v) is 10.5. The zero-order chi connectivity index (χ0) is 20.0. The molecule has 28 heavy (non-hydrogen) atoms. The first-order chi connectivity index (χ1) is 13.4. The molecular weight excluding hydrogens is 346 g/mol. The van der Waals surface area contributed by atoms with Crippen molar-refractivity contribution in [2.24, 2.45) is 5.92 Å². The van der Waals surface area contributed by atoms with Gasteiger partial charge in [0.2, 0.25) is 0 Å². The topological polar surface area (TPSA) is 29.5 Å². The normalized spacial score (nSPS) is 19.7. The molecule has 1 aliphatic carbocycles. The van der Waals surface area contributed by atoms with Crippen molar-refractivity contribution >= 4 is 5.97 Å². The van der Waals surface area contributed by atoms with E-state index in [4.69, 9.17) is 4.74 Å². The second-order valence-electron chi connectivity index (χ2n) is 8.83. The average Bonchev–Trinajstić information content (AvgIpc) is 3.15. The number of hydrogen-bond acceptors (Lipinski definition) is 3. The Balaban J connectivity index is 1.75. The highest BCUT2D eigenvalue weighted by molar-refractivity contribution is 5.74. The lowest BCUT2D eigenvalue weighted by Crippen LogP contribution is -2.43. The summed E-state index contributed by atoms with van der Waals surface area (Å²) in [5.74, 6) is -0.0634. The molecule has 3 nitrogen and oxygen atoms in total. The molecule has 2 aromatic carbocycles. The van der Waals surface area contributed by atoms with Crippen LogP contribution in [0, 0.1) is 5.92 Å². The van der Waals surface area contributed by atoms with Crippen molar-refractivity contribution in [1.29, 1.82) is 0 Å². The summed E-state index contributed by atoms with van der Waals surface area (Å²) in [5.41, 5.74) is 2.20. The van der Waals surface area contributed by atoms with Gasteiger partial charge in [-0.3, -0.25) is 9.69 Å². The molecule has 0 heterocycles. The number of benzene rings is 2. The molecule has 150 valence electrons. The zero-order valence-electron chi connectivity index (χ0n) is 17.4. The van der Waals surface area contributed by atoms with E-state index < -0.39 is 5.60 Å². The van der Waals surface area contributed by atoms with Gasteiger partial charge in [-0.2, -0.15) is 0 Å². The Hall–Kier alpha value is -2.13. The Morgan fingerprint density at radius 1 is 0.964 bits per heavy atom. The molecule has 0 aliphatic heterocycles. The molecular formula is C25H33NO2. The van der Waals surface area contributed by atoms with Crippen LogP contribution < -0.4 is 0 Å². The Morgan fingerprint density at radius 2 is 1.57 bits per heavy atom. The van der Waals surface area contributed by atoms with Crippen LogP contribution in [0.25, 0.3) is 0 Å². The Morgan fingerprint density at radius 3 is 2.18 bits per heavy atom. The summed E-state index contributed by atoms with van der Waals surface area (Å²) in [7, 11) is 0. The fraction of sp³-hybridized carbons (Fsp3) is 0.480. The highest BCUT2D eigenvalue weighted by Crippen LogP contribution is 2.33. The van der Waals surface area contributed by atoms with Crippen molar-refractivity contribution in [1.82, 2.24) is 4.90 Å². The molecule has 1 fully saturated rings. The molecule has 3 heteroatoms. The summed E-state index contributed by atoms with van der Waals surface area (Å²) in [6.45, 7) is 7.67. The van der Waals surface area contributed by atoms with Crippen LogP contribution in [0.4, 0.5) is 0 Å². The van der Waals surface area contributed by atoms with Crippen LogP contribution in [0.15, 0.2) is 60.7 Å². The van der Waals surface area contributed by atoms with Crippen molar-refractivity contribution in [3.8, 4) is 0 Å². The lowest BCUT2D eigenvalue weighted by Gasteiger charge is -2.33. The molecule has 1 aliphatic rings. The van der Waals surface area contributed by atoms with E-state index in [0.717, 1.165) is 38.8 Å². The molecule has 2 aromatic rings. The third-order valence-corrected chi connectivity index (χ3v) is 5.42. The third kappa shape index (κ3) is 5.93. The SMILES string of the molecule is CC(C)(C)OC(=O)C1CCCC1N(CCc1ccccc1)Cc1ccccc1. The monoisotopic (exact) mass is 379 g/mol. The molecule has 0 saturated heterocycles. The van der Waals surface area contributed by atoms with E-state index in [1.54, 1.807) is 0 Å². The molecule has 0 spiro atoms. The van der Waals surface area contributed by atoms with Gasteiger partial charge in [0, 0.05) is 19.1 Å². The van der Waals surface area contributed by atoms with E-state index in [0.29, 0.717) is 0 Å². The van der Waals surface area contributed by atoms with Crippen molar-refractivity contribution in [2.75, 3.05) is 6.54 Å². The van der Waals surface area contributed by atoms with Crippen molar-refractivity contribution in [2.45, 2.75) is 64.6 Å². The Kier molecular flexibility index (Phi) is 6.90. The lowest BCUT2D eigenvalue weighted by molar-refractivity contribution is -0.161. The van der Waals surface area contributed by atoms with Crippen LogP contribution in [0.2, 0.25) is 0 Å². The fourth-order valence-corrected chi connectivity index (χ4v) is 4.13. The maximum absolute atomic E-state index is 12.9. The highest BCUT2D eigenvalue weighted by atomic mass is 16.6. The lowest BCUT2D eigenvalue weighted by atomic mass is 10.00. The number of rotatable bonds is 7. The summed E-state index contributed by atoms with van der Waals surface area (Å²) in [5, 5.41) is 0. The van der Waals surface area contributed by atoms with Gasteiger partial charge in [0.25, 0.3) is 0 Å². The molecule has 0 bridgehead atoms. The van der Waals surface area contributed by atoms with Gasteiger partial charge in [-0.05, 0) is 51.2 Å². The van der Waals surface area contributed by atoms with Crippen molar-refractivity contribution in [3.05, 3.63) is 71.8 Å². The number of ether oxygens (including phenoxy) is 1. The molecule has 3 rings (SSSR count). The average molecular weight is 380 g/mol. The van der Waals surface area contributed by atoms with Gasteiger partial charge in [-0.15, -0.1) is 0 Å². The van der Waals surface area contributed by atoms with E-state index in [2.05, 4.69) is 65.6 Å². The van der Waals surface area contributed by atoms with Crippen LogP contribution in [0.3, 0.4) is 0 Å². The first-order valence-electron chi connectivity index (χ1n) is 10.5. The zero-order valence-corrected chi connectivity index (χ0v) is 17.4. The minimum absolute atomic E-state index is 0.0290. The maximum atomic E-state index is 12.9. The minimum atomic E-state index is -0.432. The maximum Gasteiger partial charge on any atom is 0.311 e. The number of hydrogen-bond donors (Lipinski definition) is 0. The van der Waals surface area contributed by atoms with Crippen LogP contribution in [-0.4, -0.2) is 29.1 Å². The van der Waals surface area contributed by atoms with E-state index >= 15 is 0 Å². The molecule has 2 atom stereocenters. The van der Waals surface area contributed by atoms with Crippen LogP contribution in [0.1, 0.15) is 51.2 Å². The Labute approximate surface area is 169 Å². The summed E-state index contributed by atoms with van der Waals surface area (Å²) < 4.78 is 5.75. The molecule has 1 saturated carbocycles. The van der Waals surface area contributed by atoms with Gasteiger partial charge < -0.3 is 4.74 Å². The van der Waals surface area contributed by atoms with Crippen LogP contribution in [-0.2, 0) is 22.5 Å². The fourth-order valence-electron chi connectivity index (χ4n) is 4.13. The van der Waals surface area contributed by atoms with Gasteiger partial charge in [0.1, 0.15) is 5.60 Å². The van der Waals surface area contributed by atoms with Gasteiger partial charge in [-0.25, -0.2) is 0 Å². The summed E-state index contributed by atoms with van der Waals surface area (Å²) in [6.07, 6.45) is 4.07. The molecule has 2 unspecified atom stereocenters.